The van der Waals surface area contributed by atoms with Gasteiger partial charge in [-0.15, -0.1) is 0 Å². The van der Waals surface area contributed by atoms with Crippen molar-refractivity contribution in [2.24, 2.45) is 0 Å². The van der Waals surface area contributed by atoms with Crippen LogP contribution in [0.15, 0.2) is 85.3 Å². The Morgan fingerprint density at radius 1 is 1.07 bits per heavy atom. The number of nitrogens with one attached hydrogen (secondary N) is 1. The standard InChI is InChI=1S/C24H21ClN4O/c1-17(20-8-5-13-26-14-20)27-24(30)22-16-29(15-18-6-3-2-4-7-18)28-23(22)19-9-11-21(25)12-10-19/h2-14,16-17H,15H2,1H3,(H,27,30). The molecule has 0 aliphatic carbocycles. The molecule has 0 saturated carbocycles. The summed E-state index contributed by atoms with van der Waals surface area (Å²) in [6, 6.07) is 21.0. The van der Waals surface area contributed by atoms with Gasteiger partial charge < -0.3 is 5.32 Å². The molecule has 0 aliphatic heterocycles. The van der Waals surface area contributed by atoms with Crippen molar-refractivity contribution in [3.63, 3.8) is 0 Å². The van der Waals surface area contributed by atoms with Gasteiger partial charge in [0.05, 0.1) is 18.2 Å². The highest BCUT2D eigenvalue weighted by Crippen LogP contribution is 2.25. The molecule has 0 radical (unpaired) electrons. The van der Waals surface area contributed by atoms with Gasteiger partial charge in [0.1, 0.15) is 5.69 Å². The zero-order chi connectivity index (χ0) is 20.9. The molecule has 0 saturated heterocycles. The molecule has 0 spiro atoms. The Morgan fingerprint density at radius 3 is 2.53 bits per heavy atom. The minimum absolute atomic E-state index is 0.179. The van der Waals surface area contributed by atoms with Gasteiger partial charge in [0.25, 0.3) is 5.91 Å². The van der Waals surface area contributed by atoms with E-state index in [1.165, 1.54) is 0 Å². The molecule has 30 heavy (non-hydrogen) atoms. The van der Waals surface area contributed by atoms with Crippen molar-refractivity contribution >= 4 is 17.5 Å². The van der Waals surface area contributed by atoms with Crippen molar-refractivity contribution in [2.45, 2.75) is 19.5 Å². The number of amides is 1. The van der Waals surface area contributed by atoms with Crippen molar-refractivity contribution < 1.29 is 4.79 Å². The first-order chi connectivity index (χ1) is 14.6. The first-order valence-electron chi connectivity index (χ1n) is 9.68. The predicted octanol–water partition coefficient (Wildman–Crippen LogP) is 5.14. The van der Waals surface area contributed by atoms with Crippen LogP contribution in [-0.4, -0.2) is 20.7 Å². The maximum atomic E-state index is 13.1. The third-order valence-corrected chi connectivity index (χ3v) is 5.10. The normalized spacial score (nSPS) is 11.8. The van der Waals surface area contributed by atoms with Crippen molar-refractivity contribution in [1.82, 2.24) is 20.1 Å². The van der Waals surface area contributed by atoms with E-state index in [1.54, 1.807) is 35.4 Å². The Bertz CT molecular complexity index is 1130. The number of carbonyl (C=O) groups excluding carboxylic acids is 1. The van der Waals surface area contributed by atoms with Crippen LogP contribution >= 0.6 is 11.6 Å². The highest BCUT2D eigenvalue weighted by Gasteiger charge is 2.20. The van der Waals surface area contributed by atoms with Crippen LogP contribution in [0.4, 0.5) is 0 Å². The molecule has 0 aliphatic rings. The van der Waals surface area contributed by atoms with Gasteiger partial charge in [-0.25, -0.2) is 0 Å². The van der Waals surface area contributed by atoms with E-state index < -0.39 is 0 Å². The van der Waals surface area contributed by atoms with Gasteiger partial charge in [-0.3, -0.25) is 14.5 Å². The fourth-order valence-electron chi connectivity index (χ4n) is 3.25. The van der Waals surface area contributed by atoms with Gasteiger partial charge in [0.15, 0.2) is 0 Å². The SMILES string of the molecule is CC(NC(=O)c1cn(Cc2ccccc2)nc1-c1ccc(Cl)cc1)c1cccnc1. The van der Waals surface area contributed by atoms with Crippen LogP contribution in [0.3, 0.4) is 0 Å². The maximum Gasteiger partial charge on any atom is 0.255 e. The van der Waals surface area contributed by atoms with Crippen LogP contribution in [-0.2, 0) is 6.54 Å². The molecule has 0 fully saturated rings. The molecular weight excluding hydrogens is 396 g/mol. The van der Waals surface area contributed by atoms with Gasteiger partial charge in [-0.05, 0) is 36.2 Å². The number of rotatable bonds is 6. The minimum Gasteiger partial charge on any atom is -0.345 e. The monoisotopic (exact) mass is 416 g/mol. The Kier molecular flexibility index (Phi) is 5.91. The summed E-state index contributed by atoms with van der Waals surface area (Å²) in [6.45, 7) is 2.51. The molecule has 2 aromatic heterocycles. The fraction of sp³-hybridized carbons (Fsp3) is 0.125. The Balaban J connectivity index is 1.65. The summed E-state index contributed by atoms with van der Waals surface area (Å²) in [4.78, 5) is 17.3. The van der Waals surface area contributed by atoms with Crippen molar-refractivity contribution in [3.05, 3.63) is 107 Å². The van der Waals surface area contributed by atoms with Crippen LogP contribution in [0.2, 0.25) is 5.02 Å². The van der Waals surface area contributed by atoms with E-state index >= 15 is 0 Å². The lowest BCUT2D eigenvalue weighted by atomic mass is 10.1. The van der Waals surface area contributed by atoms with E-state index in [0.717, 1.165) is 16.7 Å². The van der Waals surface area contributed by atoms with Gasteiger partial charge in [0, 0.05) is 29.2 Å². The van der Waals surface area contributed by atoms with Gasteiger partial charge >= 0.3 is 0 Å². The summed E-state index contributed by atoms with van der Waals surface area (Å²) < 4.78 is 1.79. The second-order valence-corrected chi connectivity index (χ2v) is 7.50. The average Bonchev–Trinajstić information content (AvgIpc) is 3.19. The molecule has 2 aromatic carbocycles. The number of hydrogen-bond acceptors (Lipinski definition) is 3. The van der Waals surface area contributed by atoms with Crippen LogP contribution in [0.25, 0.3) is 11.3 Å². The third-order valence-electron chi connectivity index (χ3n) is 4.84. The van der Waals surface area contributed by atoms with Gasteiger partial charge in [-0.1, -0.05) is 60.1 Å². The number of nitrogens with zero attached hydrogens (tertiary/aromatic N) is 3. The van der Waals surface area contributed by atoms with Crippen LogP contribution < -0.4 is 5.32 Å². The van der Waals surface area contributed by atoms with Crippen LogP contribution in [0.5, 0.6) is 0 Å². The molecule has 4 aromatic rings. The topological polar surface area (TPSA) is 59.8 Å². The summed E-state index contributed by atoms with van der Waals surface area (Å²) >= 11 is 6.04. The van der Waals surface area contributed by atoms with Gasteiger partial charge in [-0.2, -0.15) is 5.10 Å². The number of halogens is 1. The van der Waals surface area contributed by atoms with Crippen LogP contribution in [0.1, 0.15) is 34.5 Å². The van der Waals surface area contributed by atoms with E-state index in [2.05, 4.69) is 10.3 Å². The zero-order valence-electron chi connectivity index (χ0n) is 16.5. The van der Waals surface area contributed by atoms with E-state index in [-0.39, 0.29) is 11.9 Å². The first kappa shape index (κ1) is 19.9. The van der Waals surface area contributed by atoms with Crippen molar-refractivity contribution in [3.8, 4) is 11.3 Å². The number of carbonyl (C=O) groups is 1. The Morgan fingerprint density at radius 2 is 1.83 bits per heavy atom. The summed E-state index contributed by atoms with van der Waals surface area (Å²) in [5, 5.41) is 8.40. The second kappa shape index (κ2) is 8.93. The summed E-state index contributed by atoms with van der Waals surface area (Å²) in [7, 11) is 0. The second-order valence-electron chi connectivity index (χ2n) is 7.06. The number of hydrogen-bond donors (Lipinski definition) is 1. The number of pyridine rings is 1. The highest BCUT2D eigenvalue weighted by atomic mass is 35.5. The van der Waals surface area contributed by atoms with Gasteiger partial charge in [0.2, 0.25) is 0 Å². The van der Waals surface area contributed by atoms with E-state index in [9.17, 15) is 4.79 Å². The summed E-state index contributed by atoms with van der Waals surface area (Å²) in [5.41, 5.74) is 4.03. The first-order valence-corrected chi connectivity index (χ1v) is 10.1. The van der Waals surface area contributed by atoms with Crippen molar-refractivity contribution in [1.29, 1.82) is 0 Å². The quantitative estimate of drug-likeness (QED) is 0.473. The molecule has 1 amide bonds. The lowest BCUT2D eigenvalue weighted by Crippen LogP contribution is -2.26. The van der Waals surface area contributed by atoms with Crippen LogP contribution in [0, 0.1) is 0 Å². The Labute approximate surface area is 180 Å². The molecule has 1 atom stereocenters. The smallest absolute Gasteiger partial charge is 0.255 e. The lowest BCUT2D eigenvalue weighted by Gasteiger charge is -2.13. The average molecular weight is 417 g/mol. The number of aromatic nitrogens is 3. The zero-order valence-corrected chi connectivity index (χ0v) is 17.3. The minimum atomic E-state index is -0.185. The lowest BCUT2D eigenvalue weighted by molar-refractivity contribution is 0.0940. The molecule has 4 rings (SSSR count). The molecular formula is C24H21ClN4O. The Hall–Kier alpha value is -3.44. The molecule has 1 N–H and O–H groups in total. The predicted molar refractivity (Wildman–Crippen MR) is 118 cm³/mol. The van der Waals surface area contributed by atoms with Crippen molar-refractivity contribution in [2.75, 3.05) is 0 Å². The molecule has 0 bridgehead atoms. The molecule has 150 valence electrons. The fourth-order valence-corrected chi connectivity index (χ4v) is 3.38. The third kappa shape index (κ3) is 4.58. The summed E-state index contributed by atoms with van der Waals surface area (Å²) in [6.07, 6.45) is 5.26. The van der Waals surface area contributed by atoms with E-state index in [4.69, 9.17) is 16.7 Å². The largest absolute Gasteiger partial charge is 0.345 e. The van der Waals surface area contributed by atoms with E-state index in [0.29, 0.717) is 22.8 Å². The molecule has 6 heteroatoms. The highest BCUT2D eigenvalue weighted by molar-refractivity contribution is 6.30. The molecule has 1 unspecified atom stereocenters. The molecule has 2 heterocycles. The molecule has 5 nitrogen and oxygen atoms in total. The van der Waals surface area contributed by atoms with E-state index in [1.807, 2.05) is 61.5 Å². The summed E-state index contributed by atoms with van der Waals surface area (Å²) in [5.74, 6) is -0.185. The number of benzene rings is 2. The maximum absolute atomic E-state index is 13.1.